The van der Waals surface area contributed by atoms with Crippen LogP contribution in [0.3, 0.4) is 0 Å². The quantitative estimate of drug-likeness (QED) is 0.734. The Bertz CT molecular complexity index is 867. The predicted molar refractivity (Wildman–Crippen MR) is 111 cm³/mol. The van der Waals surface area contributed by atoms with Gasteiger partial charge in [0.25, 0.3) is 5.91 Å². The van der Waals surface area contributed by atoms with Crippen LogP contribution >= 0.6 is 0 Å². The zero-order valence-corrected chi connectivity index (χ0v) is 17.7. The van der Waals surface area contributed by atoms with Crippen LogP contribution < -0.4 is 10.1 Å². The third kappa shape index (κ3) is 6.04. The second kappa shape index (κ2) is 10.0. The number of aryl methyl sites for hydroxylation is 1. The van der Waals surface area contributed by atoms with Gasteiger partial charge < -0.3 is 15.0 Å². The summed E-state index contributed by atoms with van der Waals surface area (Å²) in [6.07, 6.45) is 0. The number of carbonyl (C=O) groups is 2. The summed E-state index contributed by atoms with van der Waals surface area (Å²) in [5.41, 5.74) is 2.35. The Kier molecular flexibility index (Phi) is 7.76. The molecule has 0 unspecified atom stereocenters. The summed E-state index contributed by atoms with van der Waals surface area (Å²) in [6.45, 7) is 8.95. The van der Waals surface area contributed by atoms with E-state index in [0.29, 0.717) is 11.3 Å². The number of benzene rings is 2. The molecule has 0 radical (unpaired) electrons. The van der Waals surface area contributed by atoms with Gasteiger partial charge in [-0.25, -0.2) is 4.39 Å². The van der Waals surface area contributed by atoms with E-state index in [-0.39, 0.29) is 31.0 Å². The molecular weight excluding hydrogens is 371 g/mol. The molecule has 0 bridgehead atoms. The van der Waals surface area contributed by atoms with E-state index < -0.39 is 11.9 Å². The predicted octanol–water partition coefficient (Wildman–Crippen LogP) is 3.76. The van der Waals surface area contributed by atoms with Crippen molar-refractivity contribution in [2.24, 2.45) is 0 Å². The summed E-state index contributed by atoms with van der Waals surface area (Å²) in [5.74, 6) is -0.488. The summed E-state index contributed by atoms with van der Waals surface area (Å²) in [6, 6.07) is 11.0. The van der Waals surface area contributed by atoms with Crippen molar-refractivity contribution in [1.82, 2.24) is 10.2 Å². The summed E-state index contributed by atoms with van der Waals surface area (Å²) in [4.78, 5) is 26.8. The minimum Gasteiger partial charge on any atom is -0.483 e. The van der Waals surface area contributed by atoms with Crippen molar-refractivity contribution in [1.29, 1.82) is 0 Å². The third-order valence-electron chi connectivity index (χ3n) is 4.80. The molecule has 156 valence electrons. The van der Waals surface area contributed by atoms with Crippen LogP contribution in [-0.2, 0) is 16.1 Å². The standard InChI is InChI=1S/C23H29FN2O3/c1-15(2)25-23(28)18(5)26(13-19-10-6-7-11-20(19)24)22(27)14-29-21-12-8-9-16(3)17(21)4/h6-12,15,18H,13-14H2,1-5H3,(H,25,28)/t18-/m1/s1. The first-order chi connectivity index (χ1) is 13.7. The molecule has 5 nitrogen and oxygen atoms in total. The van der Waals surface area contributed by atoms with Crippen LogP contribution in [0.25, 0.3) is 0 Å². The van der Waals surface area contributed by atoms with Crippen LogP contribution in [0.2, 0.25) is 0 Å². The van der Waals surface area contributed by atoms with Gasteiger partial charge in [0.15, 0.2) is 6.61 Å². The maximum Gasteiger partial charge on any atom is 0.261 e. The molecule has 0 aliphatic heterocycles. The monoisotopic (exact) mass is 400 g/mol. The summed E-state index contributed by atoms with van der Waals surface area (Å²) in [5, 5.41) is 2.80. The van der Waals surface area contributed by atoms with Crippen LogP contribution in [0.15, 0.2) is 42.5 Å². The number of ether oxygens (including phenoxy) is 1. The molecule has 0 aromatic heterocycles. The van der Waals surface area contributed by atoms with Gasteiger partial charge in [-0.2, -0.15) is 0 Å². The molecule has 0 aliphatic carbocycles. The molecule has 0 heterocycles. The first kappa shape index (κ1) is 22.4. The molecule has 29 heavy (non-hydrogen) atoms. The molecule has 1 atom stereocenters. The lowest BCUT2D eigenvalue weighted by Gasteiger charge is -2.29. The molecular formula is C23H29FN2O3. The molecule has 0 aliphatic rings. The van der Waals surface area contributed by atoms with E-state index in [9.17, 15) is 14.0 Å². The molecule has 0 spiro atoms. The number of nitrogens with one attached hydrogen (secondary N) is 1. The topological polar surface area (TPSA) is 58.6 Å². The Labute approximate surface area is 171 Å². The van der Waals surface area contributed by atoms with Gasteiger partial charge in [0, 0.05) is 18.2 Å². The molecule has 0 saturated heterocycles. The Morgan fingerprint density at radius 2 is 1.76 bits per heavy atom. The fraction of sp³-hybridized carbons (Fsp3) is 0.391. The molecule has 2 aromatic rings. The van der Waals surface area contributed by atoms with E-state index in [0.717, 1.165) is 11.1 Å². The van der Waals surface area contributed by atoms with Crippen molar-refractivity contribution in [2.75, 3.05) is 6.61 Å². The summed E-state index contributed by atoms with van der Waals surface area (Å²) < 4.78 is 19.9. The highest BCUT2D eigenvalue weighted by Gasteiger charge is 2.27. The maximum atomic E-state index is 14.2. The zero-order chi connectivity index (χ0) is 21.6. The Morgan fingerprint density at radius 3 is 2.41 bits per heavy atom. The van der Waals surface area contributed by atoms with Crippen LogP contribution in [-0.4, -0.2) is 35.4 Å². The van der Waals surface area contributed by atoms with E-state index in [1.807, 2.05) is 39.8 Å². The maximum absolute atomic E-state index is 14.2. The number of hydrogen-bond acceptors (Lipinski definition) is 3. The van der Waals surface area contributed by atoms with Gasteiger partial charge in [0.2, 0.25) is 5.91 Å². The molecule has 1 N–H and O–H groups in total. The van der Waals surface area contributed by atoms with Crippen molar-refractivity contribution >= 4 is 11.8 Å². The lowest BCUT2D eigenvalue weighted by atomic mass is 10.1. The lowest BCUT2D eigenvalue weighted by molar-refractivity contribution is -0.142. The van der Waals surface area contributed by atoms with Crippen LogP contribution in [0.1, 0.15) is 37.5 Å². The van der Waals surface area contributed by atoms with Crippen LogP contribution in [0.4, 0.5) is 4.39 Å². The van der Waals surface area contributed by atoms with Crippen molar-refractivity contribution in [3.05, 3.63) is 65.0 Å². The molecule has 2 aromatic carbocycles. The molecule has 0 fully saturated rings. The van der Waals surface area contributed by atoms with E-state index in [1.54, 1.807) is 31.2 Å². The van der Waals surface area contributed by atoms with Crippen molar-refractivity contribution < 1.29 is 18.7 Å². The van der Waals surface area contributed by atoms with Gasteiger partial charge in [-0.1, -0.05) is 30.3 Å². The average molecular weight is 400 g/mol. The number of halogens is 1. The minimum atomic E-state index is -0.772. The largest absolute Gasteiger partial charge is 0.483 e. The Morgan fingerprint density at radius 1 is 1.07 bits per heavy atom. The van der Waals surface area contributed by atoms with Crippen LogP contribution in [0, 0.1) is 19.7 Å². The molecule has 2 amide bonds. The highest BCUT2D eigenvalue weighted by atomic mass is 19.1. The van der Waals surface area contributed by atoms with Gasteiger partial charge >= 0.3 is 0 Å². The highest BCUT2D eigenvalue weighted by Crippen LogP contribution is 2.21. The van der Waals surface area contributed by atoms with E-state index in [4.69, 9.17) is 4.74 Å². The van der Waals surface area contributed by atoms with Gasteiger partial charge in [0.1, 0.15) is 17.6 Å². The van der Waals surface area contributed by atoms with Crippen molar-refractivity contribution in [2.45, 2.75) is 53.2 Å². The molecule has 6 heteroatoms. The summed E-state index contributed by atoms with van der Waals surface area (Å²) >= 11 is 0. The molecule has 0 saturated carbocycles. The van der Waals surface area contributed by atoms with E-state index >= 15 is 0 Å². The van der Waals surface area contributed by atoms with E-state index in [1.165, 1.54) is 11.0 Å². The Hall–Kier alpha value is -2.89. The lowest BCUT2D eigenvalue weighted by Crippen LogP contribution is -2.50. The fourth-order valence-electron chi connectivity index (χ4n) is 2.90. The van der Waals surface area contributed by atoms with E-state index in [2.05, 4.69) is 5.32 Å². The number of amides is 2. The first-order valence-electron chi connectivity index (χ1n) is 9.73. The van der Waals surface area contributed by atoms with Gasteiger partial charge in [-0.05, 0) is 57.9 Å². The minimum absolute atomic E-state index is 0.0195. The number of rotatable bonds is 8. The fourth-order valence-corrected chi connectivity index (χ4v) is 2.90. The second-order valence-corrected chi connectivity index (χ2v) is 7.44. The van der Waals surface area contributed by atoms with Crippen molar-refractivity contribution in [3.8, 4) is 5.75 Å². The van der Waals surface area contributed by atoms with Gasteiger partial charge in [-0.15, -0.1) is 0 Å². The Balaban J connectivity index is 2.20. The van der Waals surface area contributed by atoms with Gasteiger partial charge in [-0.3, -0.25) is 9.59 Å². The number of nitrogens with zero attached hydrogens (tertiary/aromatic N) is 1. The smallest absolute Gasteiger partial charge is 0.261 e. The average Bonchev–Trinajstić information content (AvgIpc) is 2.67. The number of carbonyl (C=O) groups excluding carboxylic acids is 2. The van der Waals surface area contributed by atoms with Crippen LogP contribution in [0.5, 0.6) is 5.75 Å². The second-order valence-electron chi connectivity index (χ2n) is 7.44. The zero-order valence-electron chi connectivity index (χ0n) is 17.7. The highest BCUT2D eigenvalue weighted by molar-refractivity contribution is 5.88. The normalized spacial score (nSPS) is 11.8. The third-order valence-corrected chi connectivity index (χ3v) is 4.80. The summed E-state index contributed by atoms with van der Waals surface area (Å²) in [7, 11) is 0. The van der Waals surface area contributed by atoms with Gasteiger partial charge in [0.05, 0.1) is 0 Å². The van der Waals surface area contributed by atoms with Crippen molar-refractivity contribution in [3.63, 3.8) is 0 Å². The first-order valence-corrected chi connectivity index (χ1v) is 9.73. The number of hydrogen-bond donors (Lipinski definition) is 1. The molecule has 2 rings (SSSR count). The SMILES string of the molecule is Cc1cccc(OCC(=O)N(Cc2ccccc2F)[C@H](C)C(=O)NC(C)C)c1C.